The van der Waals surface area contributed by atoms with Crippen LogP contribution in [0.2, 0.25) is 25.1 Å². The van der Waals surface area contributed by atoms with E-state index in [2.05, 4.69) is 181 Å². The number of aromatic amines is 5. The smallest absolute Gasteiger partial charge is 0.183 e. The van der Waals surface area contributed by atoms with Gasteiger partial charge in [0, 0.05) is 146 Å². The Hall–Kier alpha value is -17.9. The zero-order valence-electron chi connectivity index (χ0n) is 77.2. The van der Waals surface area contributed by atoms with Crippen LogP contribution in [0.25, 0.3) is 168 Å². The summed E-state index contributed by atoms with van der Waals surface area (Å²) in [4.78, 5) is 46.4. The van der Waals surface area contributed by atoms with E-state index in [4.69, 9.17) is 79.4 Å². The maximum Gasteiger partial charge on any atom is 0.183 e. The Kier molecular flexibility index (Phi) is 28.2. The molecule has 141 heavy (non-hydrogen) atoms. The third-order valence-corrected chi connectivity index (χ3v) is 22.3. The Morgan fingerprint density at radius 1 is 0.376 bits per heavy atom. The van der Waals surface area contributed by atoms with Crippen molar-refractivity contribution in [1.29, 1.82) is 26.3 Å². The lowest BCUT2D eigenvalue weighted by Crippen LogP contribution is -2.27. The van der Waals surface area contributed by atoms with Gasteiger partial charge in [-0.15, -0.1) is 6.42 Å². The summed E-state index contributed by atoms with van der Waals surface area (Å²) in [5.41, 5.74) is 17.5. The summed E-state index contributed by atoms with van der Waals surface area (Å²) in [7, 11) is 9.14. The van der Waals surface area contributed by atoms with Crippen LogP contribution < -0.4 is 26.6 Å². The van der Waals surface area contributed by atoms with Gasteiger partial charge in [-0.3, -0.25) is 48.9 Å². The molecule has 20 aromatic rings. The summed E-state index contributed by atoms with van der Waals surface area (Å²) >= 11 is 32.0. The summed E-state index contributed by atoms with van der Waals surface area (Å²) in [5.74, 6) is 4.43. The number of benzene rings is 5. The molecular weight excluding hydrogens is 1890 g/mol. The highest BCUT2D eigenvalue weighted by molar-refractivity contribution is 6.37. The summed E-state index contributed by atoms with van der Waals surface area (Å²) in [6.07, 6.45) is 22.9. The van der Waals surface area contributed by atoms with Gasteiger partial charge < -0.3 is 26.6 Å². The fraction of sp³-hybridized carbons (Fsp3) is 0.177. The van der Waals surface area contributed by atoms with Crippen molar-refractivity contribution in [3.63, 3.8) is 0 Å². The number of nitrogens with one attached hydrogen (secondary N) is 10. The molecule has 5 aromatic carbocycles. The summed E-state index contributed by atoms with van der Waals surface area (Å²) in [6.45, 7) is 19.0. The van der Waals surface area contributed by atoms with Crippen molar-refractivity contribution in [3.05, 3.63) is 219 Å². The second-order valence-corrected chi connectivity index (χ2v) is 35.1. The number of fused-ring (bicyclic) bond motifs is 5. The zero-order valence-corrected chi connectivity index (χ0v) is 81.0. The van der Waals surface area contributed by atoms with Crippen LogP contribution in [0.5, 0.6) is 0 Å². The molecule has 0 bridgehead atoms. The molecule has 0 saturated carbocycles. The molecule has 15 heterocycles. The van der Waals surface area contributed by atoms with Crippen LogP contribution in [0.3, 0.4) is 0 Å². The van der Waals surface area contributed by atoms with Crippen molar-refractivity contribution in [2.45, 2.75) is 60.0 Å². The van der Waals surface area contributed by atoms with Gasteiger partial charge in [0.05, 0.1) is 90.2 Å². The van der Waals surface area contributed by atoms with E-state index in [1.54, 1.807) is 90.9 Å². The average Bonchev–Trinajstić information content (AvgIpc) is 1.25. The minimum atomic E-state index is -0.289. The van der Waals surface area contributed by atoms with Crippen molar-refractivity contribution in [2.24, 2.45) is 35.2 Å². The summed E-state index contributed by atoms with van der Waals surface area (Å²) in [5, 5.41) is 127. The predicted molar refractivity (Wildman–Crippen MR) is 542 cm³/mol. The SMILES string of the molecule is C#CCNc1nc(-c2ccn(C)n2)c(-c2cc(Cl)c3[nH]ncc3c2)nc1C#N.C=C(C)CNc1nc(-c2ccn(C)n2)c(-c2cc(Cl)c3[nH]ncc3c2)nc1C#N.CC(C)Nc1nc(-c2ccn(C)n2)c(-c2cc(Cl)c3[nH]ncc3c2)nc1C#N.CCNc1nc(-c2ccn(C)n2)c(-c2cc(Cl)c3[nH]ncc3c2)nc1C#N.Cn1ccc(-c2nc(NC(C)(C)C)c(C#N)nc2-c2cc(Cl)c3[nH]ncc3c2)n1. The van der Waals surface area contributed by atoms with E-state index in [1.807, 2.05) is 169 Å². The van der Waals surface area contributed by atoms with E-state index in [-0.39, 0.29) is 46.6 Å². The van der Waals surface area contributed by atoms with E-state index in [0.29, 0.717) is 158 Å². The first-order chi connectivity index (χ1) is 67.9. The van der Waals surface area contributed by atoms with E-state index in [0.717, 1.165) is 82.3 Å². The molecule has 45 heteroatoms. The number of rotatable bonds is 20. The maximum atomic E-state index is 9.69. The van der Waals surface area contributed by atoms with Crippen molar-refractivity contribution < 1.29 is 0 Å². The molecule has 10 N–H and O–H groups in total. The van der Waals surface area contributed by atoms with Gasteiger partial charge in [0.1, 0.15) is 116 Å². The Bertz CT molecular complexity index is 8470. The zero-order chi connectivity index (χ0) is 99.8. The van der Waals surface area contributed by atoms with E-state index in [9.17, 15) is 26.3 Å². The van der Waals surface area contributed by atoms with E-state index < -0.39 is 0 Å². The highest BCUT2D eigenvalue weighted by Gasteiger charge is 2.29. The second kappa shape index (κ2) is 41.3. The number of terminal acetylenes is 1. The number of halogens is 5. The number of hydrogen-bond donors (Lipinski definition) is 10. The van der Waals surface area contributed by atoms with Gasteiger partial charge in [-0.25, -0.2) is 49.8 Å². The van der Waals surface area contributed by atoms with Gasteiger partial charge in [-0.05, 0) is 139 Å². The Labute approximate surface area is 828 Å². The van der Waals surface area contributed by atoms with Crippen molar-refractivity contribution in [1.82, 2.24) is 150 Å². The lowest BCUT2D eigenvalue weighted by molar-refractivity contribution is 0.629. The predicted octanol–water partition coefficient (Wildman–Crippen LogP) is 18.2. The standard InChI is InChI=1S/C20H19ClN8.C20H17ClN8.C19H17ClN8.C19H13ClN8.C18H15ClN8/c1-20(2,3)26-19-15(9-22)24-17(18(25-19)14-5-6-29(4)28-14)11-7-12-10-23-27-16(12)13(21)8-11;1-11(2)9-23-20-16(8-22)25-18(19(26-20)15-4-5-29(3)28-15)12-6-13-10-24-27-17(13)14(21)7-12;1-10(2)23-19-15(8-21)24-17(18(25-19)14-4-5-28(3)27-14)11-6-12-9-22-26-16(12)13(20)7-11;1-3-5-22-19-15(9-21)24-17(18(25-19)14-4-6-28(2)27-14)11-7-12-10-23-26-16(12)13(20)8-11;1-3-21-18-14(8-20)23-16(17(24-18)13-4-5-27(2)26-13)10-6-11-9-22-25-15(11)12(19)7-10/h5-8,10H,1-4H3,(H,23,27)(H,25,26);4-7,10H,1,9H2,2-3H3,(H,23,26)(H,24,27);4-7,9-10H,1-3H3,(H,22,26)(H,23,25);1,4,6-8,10H,5H2,2H3,(H,22,25)(H,23,26);4-7,9H,3H2,1-2H3,(H,21,24)(H,22,25). The highest BCUT2D eigenvalue weighted by Crippen LogP contribution is 2.42. The monoisotopic (exact) mass is 1970 g/mol. The quantitative estimate of drug-likeness (QED) is 0.0250. The Morgan fingerprint density at radius 3 is 0.858 bits per heavy atom. The van der Waals surface area contributed by atoms with Gasteiger partial charge in [0.2, 0.25) is 0 Å². The molecule has 0 unspecified atom stereocenters. The molecule has 0 atom stereocenters. The number of nitriles is 5. The molecule has 0 aliphatic rings. The molecule has 0 radical (unpaired) electrons. The highest BCUT2D eigenvalue weighted by atomic mass is 35.5. The number of H-pyrrole nitrogens is 5. The average molecular weight is 1970 g/mol. The van der Waals surface area contributed by atoms with Crippen LogP contribution in [0, 0.1) is 69.0 Å². The Morgan fingerprint density at radius 2 is 0.624 bits per heavy atom. The first-order valence-corrected chi connectivity index (χ1v) is 44.9. The largest absolute Gasteiger partial charge is 0.368 e. The van der Waals surface area contributed by atoms with Crippen LogP contribution in [-0.4, -0.2) is 181 Å². The second-order valence-electron chi connectivity index (χ2n) is 33.1. The number of hydrogen-bond acceptors (Lipinski definition) is 30. The van der Waals surface area contributed by atoms with E-state index in [1.165, 1.54) is 0 Å². The minimum Gasteiger partial charge on any atom is -0.368 e. The molecule has 700 valence electrons. The van der Waals surface area contributed by atoms with Crippen LogP contribution in [-0.2, 0) is 35.2 Å². The molecule has 0 aliphatic heterocycles. The molecule has 0 aliphatic carbocycles. The van der Waals surface area contributed by atoms with Crippen molar-refractivity contribution in [2.75, 3.05) is 46.2 Å². The third-order valence-electron chi connectivity index (χ3n) is 20.8. The number of nitrogens with zero attached hydrogens (tertiary/aromatic N) is 30. The van der Waals surface area contributed by atoms with Crippen molar-refractivity contribution in [3.8, 4) is 156 Å². The van der Waals surface area contributed by atoms with Gasteiger partial charge in [0.25, 0.3) is 0 Å². The molecular formula is C96H81Cl5N40. The molecule has 15 aromatic heterocycles. The normalized spacial score (nSPS) is 11.0. The van der Waals surface area contributed by atoms with Crippen LogP contribution in [0.4, 0.5) is 29.1 Å². The summed E-state index contributed by atoms with van der Waals surface area (Å²) in [6, 6.07) is 38.3. The maximum absolute atomic E-state index is 9.69. The van der Waals surface area contributed by atoms with Crippen LogP contribution in [0.15, 0.2) is 165 Å². The van der Waals surface area contributed by atoms with Crippen LogP contribution >= 0.6 is 58.0 Å². The minimum absolute atomic E-state index is 0.0977. The fourth-order valence-corrected chi connectivity index (χ4v) is 16.0. The van der Waals surface area contributed by atoms with Gasteiger partial charge >= 0.3 is 0 Å². The topological polar surface area (TPSA) is 540 Å². The van der Waals surface area contributed by atoms with Gasteiger partial charge in [-0.1, -0.05) is 76.1 Å². The Balaban J connectivity index is 0.000000127. The first-order valence-electron chi connectivity index (χ1n) is 43.0. The molecule has 0 fully saturated rings. The lowest BCUT2D eigenvalue weighted by Gasteiger charge is -2.22. The molecule has 20 rings (SSSR count). The number of anilines is 5. The first kappa shape index (κ1) is 96.2. The number of aromatic nitrogens is 30. The molecule has 0 saturated heterocycles. The molecule has 40 nitrogen and oxygen atoms in total. The van der Waals surface area contributed by atoms with E-state index >= 15 is 0 Å². The van der Waals surface area contributed by atoms with Crippen LogP contribution in [0.1, 0.15) is 76.9 Å². The van der Waals surface area contributed by atoms with Gasteiger partial charge in [-0.2, -0.15) is 77.3 Å². The fourth-order valence-electron chi connectivity index (χ4n) is 14.6. The third kappa shape index (κ3) is 21.2. The molecule has 0 amide bonds. The molecule has 0 spiro atoms. The van der Waals surface area contributed by atoms with Crippen molar-refractivity contribution >= 4 is 142 Å². The number of aryl methyl sites for hydroxylation is 5. The lowest BCUT2D eigenvalue weighted by atomic mass is 10.0. The van der Waals surface area contributed by atoms with Gasteiger partial charge in [0.15, 0.2) is 57.6 Å². The summed E-state index contributed by atoms with van der Waals surface area (Å²) < 4.78 is 8.44.